The summed E-state index contributed by atoms with van der Waals surface area (Å²) in [6, 6.07) is 0.610. The van der Waals surface area contributed by atoms with Crippen molar-refractivity contribution in [2.24, 2.45) is 35.1 Å². The lowest BCUT2D eigenvalue weighted by Crippen LogP contribution is -2.37. The van der Waals surface area contributed by atoms with Crippen LogP contribution >= 0.6 is 11.6 Å². The molecule has 11 N–H and O–H groups in total. The predicted molar refractivity (Wildman–Crippen MR) is 399 cm³/mol. The van der Waals surface area contributed by atoms with E-state index in [0.717, 1.165) is 194 Å². The molecule has 3 saturated carbocycles. The van der Waals surface area contributed by atoms with E-state index < -0.39 is 9.84 Å². The molecule has 104 heavy (non-hydrogen) atoms. The second-order valence-electron chi connectivity index (χ2n) is 28.9. The first-order valence-corrected chi connectivity index (χ1v) is 38.9. The summed E-state index contributed by atoms with van der Waals surface area (Å²) in [4.78, 5) is 81.2. The number of nitrogen functional groups attached to an aromatic ring is 3. The number of hydrogen-bond donors (Lipinski definition) is 6. The molecule has 3 unspecified atom stereocenters. The Hall–Kier alpha value is -8.71. The fourth-order valence-corrected chi connectivity index (χ4v) is 15.6. The van der Waals surface area contributed by atoms with Crippen molar-refractivity contribution in [2.75, 3.05) is 172 Å². The van der Waals surface area contributed by atoms with Gasteiger partial charge in [0.25, 0.3) is 0 Å². The number of ether oxygens (including phenoxy) is 3. The van der Waals surface area contributed by atoms with Gasteiger partial charge in [-0.15, -0.1) is 0 Å². The number of aromatic nitrogens is 18. The Morgan fingerprint density at radius 3 is 1.18 bits per heavy atom. The number of aryl methyl sites for hydroxylation is 3. The SMILES string of the molecule is Cc1nc(N)ncc1-c1nc(N2CCOCC2)c2nc(Cl)n(CC3CC3)c2n1.Cc1nc(N)ncc1-c1nc(N2CCOCC2)c2nc(N3CCC(CS(C)(=O)=O)C3)n(CC3CC3)c2n1.Cc1nc(N)ncc1-c1nc(N2CCOCC2)c2nc(N3CCC(N)C3)n(CC3CC3)c2n1.NC1CCNC1. The normalized spacial score (nSPS) is 20.8. The predicted octanol–water partition coefficient (Wildman–Crippen LogP) is 3.63. The van der Waals surface area contributed by atoms with Gasteiger partial charge in [0.05, 0.1) is 79.2 Å². The molecule has 0 radical (unpaired) electrons. The third kappa shape index (κ3) is 16.2. The van der Waals surface area contributed by atoms with Gasteiger partial charge in [0, 0.05) is 129 Å². The lowest BCUT2D eigenvalue weighted by atomic mass is 10.2. The Bertz CT molecular complexity index is 4690. The van der Waals surface area contributed by atoms with Crippen LogP contribution in [0, 0.1) is 44.4 Å². The zero-order valence-corrected chi connectivity index (χ0v) is 61.2. The summed E-state index contributed by atoms with van der Waals surface area (Å²) in [6.45, 7) is 21.9. The van der Waals surface area contributed by atoms with Crippen molar-refractivity contribution >= 4 is 102 Å². The number of fused-ring (bicyclic) bond motifs is 3. The molecule has 36 heteroatoms. The quantitative estimate of drug-likeness (QED) is 0.0752. The third-order valence-electron chi connectivity index (χ3n) is 20.4. The van der Waals surface area contributed by atoms with Crippen LogP contribution < -0.4 is 58.5 Å². The van der Waals surface area contributed by atoms with E-state index in [1.165, 1.54) is 44.8 Å². The molecular weight excluding hydrogens is 1370 g/mol. The lowest BCUT2D eigenvalue weighted by molar-refractivity contribution is 0.122. The third-order valence-corrected chi connectivity index (χ3v) is 21.8. The Morgan fingerprint density at radius 2 is 0.837 bits per heavy atom. The lowest BCUT2D eigenvalue weighted by Gasteiger charge is -2.28. The van der Waals surface area contributed by atoms with Crippen LogP contribution in [0.2, 0.25) is 5.28 Å². The molecule has 18 rings (SSSR count). The van der Waals surface area contributed by atoms with Crippen molar-refractivity contribution in [1.29, 1.82) is 0 Å². The summed E-state index contributed by atoms with van der Waals surface area (Å²) in [7, 11) is -3.04. The fraction of sp³-hybridized carbons (Fsp3) is 0.603. The number of morpholine rings is 3. The van der Waals surface area contributed by atoms with Gasteiger partial charge in [-0.3, -0.25) is 13.7 Å². The highest BCUT2D eigenvalue weighted by Gasteiger charge is 2.36. The van der Waals surface area contributed by atoms with E-state index in [1.807, 2.05) is 25.3 Å². The van der Waals surface area contributed by atoms with Gasteiger partial charge >= 0.3 is 0 Å². The van der Waals surface area contributed by atoms with E-state index in [9.17, 15) is 8.42 Å². The maximum absolute atomic E-state index is 11.9. The minimum Gasteiger partial charge on any atom is -0.378 e. The highest BCUT2D eigenvalue weighted by molar-refractivity contribution is 7.90. The van der Waals surface area contributed by atoms with Crippen LogP contribution in [0.25, 0.3) is 67.7 Å². The number of anilines is 8. The number of nitrogens with two attached hydrogens (primary N) is 5. The molecule has 9 aliphatic rings. The molecule has 9 fully saturated rings. The number of hydrogen-bond acceptors (Lipinski definition) is 31. The molecule has 9 aromatic heterocycles. The van der Waals surface area contributed by atoms with E-state index in [2.05, 4.69) is 73.8 Å². The van der Waals surface area contributed by atoms with Crippen LogP contribution in [0.15, 0.2) is 18.6 Å². The molecule has 6 saturated heterocycles. The molecule has 9 aromatic rings. The van der Waals surface area contributed by atoms with Crippen LogP contribution in [0.1, 0.15) is 74.9 Å². The number of nitrogens with zero attached hydrogens (tertiary/aromatic N) is 23. The molecule has 0 amide bonds. The highest BCUT2D eigenvalue weighted by Crippen LogP contribution is 2.41. The first kappa shape index (κ1) is 70.9. The van der Waals surface area contributed by atoms with Crippen LogP contribution in [0.5, 0.6) is 0 Å². The van der Waals surface area contributed by atoms with Crippen LogP contribution in [-0.4, -0.2) is 239 Å². The maximum Gasteiger partial charge on any atom is 0.220 e. The van der Waals surface area contributed by atoms with E-state index in [-0.39, 0.29) is 35.6 Å². The molecule has 0 bridgehead atoms. The second-order valence-corrected chi connectivity index (χ2v) is 31.4. The molecule has 34 nitrogen and oxygen atoms in total. The number of nitrogens with one attached hydrogen (secondary N) is 1. The molecule has 6 aliphatic heterocycles. The van der Waals surface area contributed by atoms with Gasteiger partial charge in [-0.05, 0) is 120 Å². The Balaban J connectivity index is 0.000000121. The smallest absolute Gasteiger partial charge is 0.220 e. The van der Waals surface area contributed by atoms with E-state index in [0.29, 0.717) is 106 Å². The van der Waals surface area contributed by atoms with Crippen LogP contribution in [0.4, 0.5) is 47.2 Å². The fourth-order valence-electron chi connectivity index (χ4n) is 14.3. The summed E-state index contributed by atoms with van der Waals surface area (Å²) in [5.74, 6) is 8.81. The monoisotopic (exact) mass is 1460 g/mol. The maximum atomic E-state index is 11.9. The van der Waals surface area contributed by atoms with Gasteiger partial charge in [-0.2, -0.15) is 0 Å². The summed E-state index contributed by atoms with van der Waals surface area (Å²) in [5.41, 5.74) is 38.3. The van der Waals surface area contributed by atoms with Gasteiger partial charge in [-0.1, -0.05) is 0 Å². The number of halogens is 1. The van der Waals surface area contributed by atoms with Crippen molar-refractivity contribution in [3.05, 3.63) is 41.0 Å². The Labute approximate surface area is 608 Å². The topological polar surface area (TPSA) is 428 Å². The number of imidazole rings is 3. The molecule has 15 heterocycles. The van der Waals surface area contributed by atoms with Crippen molar-refractivity contribution in [3.63, 3.8) is 0 Å². The summed E-state index contributed by atoms with van der Waals surface area (Å²) < 4.78 is 47.1. The van der Waals surface area contributed by atoms with E-state index >= 15 is 0 Å². The van der Waals surface area contributed by atoms with Gasteiger partial charge in [0.15, 0.2) is 68.4 Å². The molecule has 0 spiro atoms. The largest absolute Gasteiger partial charge is 0.378 e. The first-order valence-electron chi connectivity index (χ1n) is 36.5. The zero-order chi connectivity index (χ0) is 71.9. The number of sulfone groups is 1. The van der Waals surface area contributed by atoms with Gasteiger partial charge in [-0.25, -0.2) is 83.2 Å². The minimum atomic E-state index is -3.04. The van der Waals surface area contributed by atoms with Crippen molar-refractivity contribution in [1.82, 2.24) is 93.8 Å². The van der Waals surface area contributed by atoms with Crippen LogP contribution in [-0.2, 0) is 43.7 Å². The van der Waals surface area contributed by atoms with Gasteiger partial charge < -0.3 is 72.7 Å². The zero-order valence-electron chi connectivity index (χ0n) is 59.6. The van der Waals surface area contributed by atoms with Gasteiger partial charge in [0.2, 0.25) is 35.0 Å². The number of rotatable bonds is 16. The molecule has 0 aromatic carbocycles. The molecular formula is C68H94ClN29O5S. The standard InChI is InChI=1S/C24H33N9O3S.C22H30N10O.C18H21ClN8O.C4H10N2/c1-15-18(11-26-23(25)27-15)20-29-21(31-7-9-36-10-8-31)19-22(30-20)33(13-16-3-4-16)24(28-19)32-6-5-17(12-32)14-37(2,34)35;1-13-16(10-25-21(24)26-13)18-28-19(30-6-8-33-9-7-30)17-20(29-18)32(11-14-2-3-14)22(27-17)31-5-4-15(23)12-31;1-10-12(8-21-18(20)22-10)14-24-15(26-4-6-28-7-5-26)13-16(25-14)27(17(19)23-13)9-11-2-3-11;5-4-1-2-6-3-4/h11,16-17H,3-10,12-14H2,1-2H3,(H2,25,26,27);10,14-15H,2-9,11-12,23H2,1H3,(H2,24,25,26);8,11H,2-7,9H2,1H3,(H2,20,21,22);4,6H,1-3,5H2. The van der Waals surface area contributed by atoms with Gasteiger partial charge in [0.1, 0.15) is 9.84 Å². The first-order chi connectivity index (χ1) is 50.3. The van der Waals surface area contributed by atoms with Crippen LogP contribution in [0.3, 0.4) is 0 Å². The Morgan fingerprint density at radius 1 is 0.452 bits per heavy atom. The molecule has 3 atom stereocenters. The summed E-state index contributed by atoms with van der Waals surface area (Å²) in [5, 5.41) is 3.60. The van der Waals surface area contributed by atoms with E-state index in [4.69, 9.17) is 94.4 Å². The summed E-state index contributed by atoms with van der Waals surface area (Å²) in [6.07, 6.45) is 16.6. The minimum absolute atomic E-state index is 0.0964. The highest BCUT2D eigenvalue weighted by atomic mass is 35.5. The van der Waals surface area contributed by atoms with Crippen molar-refractivity contribution in [3.8, 4) is 34.2 Å². The molecule has 3 aliphatic carbocycles. The van der Waals surface area contributed by atoms with Crippen molar-refractivity contribution in [2.45, 2.75) is 110 Å². The average molecular weight is 1470 g/mol. The Kier molecular flexibility index (Phi) is 20.7. The summed E-state index contributed by atoms with van der Waals surface area (Å²) >= 11 is 6.50. The van der Waals surface area contributed by atoms with E-state index in [1.54, 1.807) is 18.6 Å². The average Bonchev–Trinajstić information content (AvgIpc) is 1.59. The second kappa shape index (κ2) is 30.4. The molecule has 554 valence electrons. The van der Waals surface area contributed by atoms with Crippen molar-refractivity contribution < 1.29 is 22.6 Å².